The summed E-state index contributed by atoms with van der Waals surface area (Å²) in [7, 11) is 0. The molecule has 2 N–H and O–H groups in total. The van der Waals surface area contributed by atoms with Crippen LogP contribution in [0.1, 0.15) is 64.2 Å². The Morgan fingerprint density at radius 3 is 2.71 bits per heavy atom. The minimum absolute atomic E-state index is 0.120. The largest absolute Gasteiger partial charge is 0.359 e. The number of hydrogen-bond acceptors (Lipinski definition) is 4. The highest BCUT2D eigenvalue weighted by atomic mass is 35.5. The van der Waals surface area contributed by atoms with Crippen molar-refractivity contribution >= 4 is 35.0 Å². The van der Waals surface area contributed by atoms with Gasteiger partial charge < -0.3 is 20.3 Å². The lowest BCUT2D eigenvalue weighted by atomic mass is 9.74. The summed E-state index contributed by atoms with van der Waals surface area (Å²) >= 11 is 6.12. The van der Waals surface area contributed by atoms with E-state index >= 15 is 0 Å². The van der Waals surface area contributed by atoms with Gasteiger partial charge in [0.15, 0.2) is 0 Å². The number of nitrogens with zero attached hydrogens (tertiary/aromatic N) is 1. The number of hydrogen-bond donors (Lipinski definition) is 2. The number of fused-ring (bicyclic) bond motifs is 1. The Hall–Kier alpha value is -2.64. The predicted octanol–water partition coefficient (Wildman–Crippen LogP) is 4.77. The fraction of sp³-hybridized carbons (Fsp3) is 0.567. The summed E-state index contributed by atoms with van der Waals surface area (Å²) in [5.74, 6) is -2.06. The minimum atomic E-state index is -1.13. The molecular formula is C30H36ClN3O4. The second-order valence-corrected chi connectivity index (χ2v) is 11.9. The summed E-state index contributed by atoms with van der Waals surface area (Å²) in [6, 6.07) is 6.30. The number of benzene rings is 1. The molecule has 7 nitrogen and oxygen atoms in total. The van der Waals surface area contributed by atoms with Crippen LogP contribution >= 0.6 is 11.6 Å². The zero-order valence-corrected chi connectivity index (χ0v) is 22.4. The van der Waals surface area contributed by atoms with Gasteiger partial charge in [-0.1, -0.05) is 60.7 Å². The van der Waals surface area contributed by atoms with E-state index in [1.165, 1.54) is 18.4 Å². The van der Waals surface area contributed by atoms with Crippen LogP contribution in [0, 0.1) is 11.8 Å². The Morgan fingerprint density at radius 2 is 1.95 bits per heavy atom. The quantitative estimate of drug-likeness (QED) is 0.490. The molecule has 1 aromatic carbocycles. The second kappa shape index (κ2) is 10.5. The average Bonchev–Trinajstić information content (AvgIpc) is 3.56. The van der Waals surface area contributed by atoms with Crippen molar-refractivity contribution < 1.29 is 19.1 Å². The molecule has 5 aliphatic rings. The van der Waals surface area contributed by atoms with Crippen molar-refractivity contribution in [1.29, 1.82) is 0 Å². The highest BCUT2D eigenvalue weighted by Gasteiger charge is 2.72. The van der Waals surface area contributed by atoms with E-state index in [1.807, 2.05) is 12.2 Å². The summed E-state index contributed by atoms with van der Waals surface area (Å²) in [5.41, 5.74) is 0.792. The van der Waals surface area contributed by atoms with E-state index in [2.05, 4.69) is 16.7 Å². The summed E-state index contributed by atoms with van der Waals surface area (Å²) in [6.45, 7) is 0.455. The Kier molecular flexibility index (Phi) is 7.08. The molecule has 8 heteroatoms. The van der Waals surface area contributed by atoms with Crippen molar-refractivity contribution in [1.82, 2.24) is 10.2 Å². The van der Waals surface area contributed by atoms with Crippen LogP contribution in [-0.2, 0) is 19.1 Å². The summed E-state index contributed by atoms with van der Waals surface area (Å²) in [4.78, 5) is 43.3. The number of amides is 3. The molecule has 6 rings (SSSR count). The molecule has 0 radical (unpaired) electrons. The molecule has 1 spiro atoms. The van der Waals surface area contributed by atoms with E-state index in [9.17, 15) is 14.4 Å². The fourth-order valence-corrected chi connectivity index (χ4v) is 7.41. The van der Waals surface area contributed by atoms with Crippen LogP contribution in [0.3, 0.4) is 0 Å². The molecule has 1 saturated carbocycles. The summed E-state index contributed by atoms with van der Waals surface area (Å²) in [5, 5.41) is 6.70. The van der Waals surface area contributed by atoms with Gasteiger partial charge in [0.25, 0.3) is 0 Å². The van der Waals surface area contributed by atoms with Gasteiger partial charge in [0.2, 0.25) is 17.7 Å². The van der Waals surface area contributed by atoms with Crippen LogP contribution in [-0.4, -0.2) is 53.0 Å². The standard InChI is InChI=1S/C30H36ClN3O4/c31-20-10-7-13-22(18-20)33-27(35)24-23-14-16-30(38-23)25(24)29(37)34(17-15-19-8-3-1-4-9-19)26(30)28(36)32-21-11-5-2-6-12-21/h7-8,10,13-14,16,18,21,23-26H,1-6,9,11-12,15,17H2,(H,32,36)(H,33,35)/t23-,24+,25-,26+,30-/m0/s1. The van der Waals surface area contributed by atoms with Gasteiger partial charge in [-0.25, -0.2) is 0 Å². The molecule has 3 heterocycles. The second-order valence-electron chi connectivity index (χ2n) is 11.4. The van der Waals surface area contributed by atoms with Crippen LogP contribution in [0.2, 0.25) is 5.02 Å². The zero-order valence-electron chi connectivity index (χ0n) is 21.7. The van der Waals surface area contributed by atoms with Crippen LogP contribution in [0.25, 0.3) is 0 Å². The fourth-order valence-electron chi connectivity index (χ4n) is 7.22. The maximum Gasteiger partial charge on any atom is 0.246 e. The van der Waals surface area contributed by atoms with E-state index in [1.54, 1.807) is 29.2 Å². The van der Waals surface area contributed by atoms with Crippen LogP contribution in [0.4, 0.5) is 5.69 Å². The van der Waals surface area contributed by atoms with E-state index in [0.717, 1.165) is 51.4 Å². The van der Waals surface area contributed by atoms with Crippen LogP contribution in [0.5, 0.6) is 0 Å². The van der Waals surface area contributed by atoms with E-state index in [4.69, 9.17) is 16.3 Å². The molecule has 1 aromatic rings. The van der Waals surface area contributed by atoms with Gasteiger partial charge in [-0.15, -0.1) is 0 Å². The van der Waals surface area contributed by atoms with E-state index in [0.29, 0.717) is 17.3 Å². The lowest BCUT2D eigenvalue weighted by Crippen LogP contribution is -2.56. The topological polar surface area (TPSA) is 87.7 Å². The molecule has 2 saturated heterocycles. The normalized spacial score (nSPS) is 32.3. The Morgan fingerprint density at radius 1 is 1.11 bits per heavy atom. The maximum atomic E-state index is 14.1. The number of carbonyl (C=O) groups excluding carboxylic acids is 3. The van der Waals surface area contributed by atoms with Gasteiger partial charge in [-0.3, -0.25) is 14.4 Å². The molecule has 3 aliphatic heterocycles. The maximum absolute atomic E-state index is 14.1. The minimum Gasteiger partial charge on any atom is -0.359 e. The number of halogens is 1. The smallest absolute Gasteiger partial charge is 0.246 e. The third-order valence-corrected chi connectivity index (χ3v) is 9.26. The summed E-state index contributed by atoms with van der Waals surface area (Å²) < 4.78 is 6.46. The van der Waals surface area contributed by atoms with E-state index < -0.39 is 29.6 Å². The third-order valence-electron chi connectivity index (χ3n) is 9.03. The third kappa shape index (κ3) is 4.58. The van der Waals surface area contributed by atoms with Gasteiger partial charge in [-0.05, 0) is 63.1 Å². The first-order valence-corrected chi connectivity index (χ1v) is 14.6. The summed E-state index contributed by atoms with van der Waals surface area (Å²) in [6.07, 6.45) is 16.0. The lowest BCUT2D eigenvalue weighted by Gasteiger charge is -2.34. The van der Waals surface area contributed by atoms with Gasteiger partial charge >= 0.3 is 0 Å². The van der Waals surface area contributed by atoms with Crippen molar-refractivity contribution in [2.75, 3.05) is 11.9 Å². The molecule has 3 amide bonds. The van der Waals surface area contributed by atoms with Crippen LogP contribution < -0.4 is 10.6 Å². The first-order valence-electron chi connectivity index (χ1n) is 14.2. The molecule has 3 fully saturated rings. The zero-order chi connectivity index (χ0) is 26.3. The molecule has 0 unspecified atom stereocenters. The number of nitrogens with one attached hydrogen (secondary N) is 2. The van der Waals surface area contributed by atoms with Crippen molar-refractivity contribution in [3.63, 3.8) is 0 Å². The Labute approximate surface area is 229 Å². The Bertz CT molecular complexity index is 1180. The van der Waals surface area contributed by atoms with Crippen molar-refractivity contribution in [3.8, 4) is 0 Å². The molecule has 38 heavy (non-hydrogen) atoms. The molecule has 202 valence electrons. The number of ether oxygens (including phenoxy) is 1. The van der Waals surface area contributed by atoms with Gasteiger partial charge in [0.1, 0.15) is 11.6 Å². The van der Waals surface area contributed by atoms with Gasteiger partial charge in [0, 0.05) is 23.3 Å². The number of allylic oxidation sites excluding steroid dienone is 1. The SMILES string of the molecule is O=C(Nc1cccc(Cl)c1)[C@@H]1[C@@H]2C=C[C@]3(O2)[C@@H]1C(=O)N(CCC1=CCCCC1)[C@@H]3C(=O)NC1CCCCC1. The van der Waals surface area contributed by atoms with Crippen molar-refractivity contribution in [2.24, 2.45) is 11.8 Å². The van der Waals surface area contributed by atoms with Gasteiger partial charge in [0.05, 0.1) is 17.9 Å². The van der Waals surface area contributed by atoms with Crippen LogP contribution in [0.15, 0.2) is 48.1 Å². The number of carbonyl (C=O) groups is 3. The van der Waals surface area contributed by atoms with Crippen molar-refractivity contribution in [3.05, 3.63) is 53.1 Å². The van der Waals surface area contributed by atoms with E-state index in [-0.39, 0.29) is 23.8 Å². The monoisotopic (exact) mass is 537 g/mol. The number of likely N-dealkylation sites (tertiary alicyclic amines) is 1. The van der Waals surface area contributed by atoms with Gasteiger partial charge in [-0.2, -0.15) is 0 Å². The predicted molar refractivity (Wildman–Crippen MR) is 145 cm³/mol. The van der Waals surface area contributed by atoms with Crippen molar-refractivity contribution in [2.45, 2.75) is 88.0 Å². The molecule has 2 bridgehead atoms. The first-order chi connectivity index (χ1) is 18.5. The molecule has 5 atom stereocenters. The molecule has 2 aliphatic carbocycles. The number of anilines is 1. The lowest BCUT2D eigenvalue weighted by molar-refractivity contribution is -0.141. The molecule has 0 aromatic heterocycles. The average molecular weight is 538 g/mol. The number of rotatable bonds is 7. The highest BCUT2D eigenvalue weighted by Crippen LogP contribution is 2.55. The highest BCUT2D eigenvalue weighted by molar-refractivity contribution is 6.30. The molecular weight excluding hydrogens is 502 g/mol. The Balaban J connectivity index is 1.28. The first kappa shape index (κ1) is 25.6.